The average molecular weight is 204 g/mol. The number of benzene rings is 1. The van der Waals surface area contributed by atoms with Crippen molar-refractivity contribution in [2.45, 2.75) is 6.92 Å². The van der Waals surface area contributed by atoms with Crippen molar-refractivity contribution in [1.82, 2.24) is 5.16 Å². The number of methoxy groups -OCH3 is 1. The first-order chi connectivity index (χ1) is 7.20. The van der Waals surface area contributed by atoms with Gasteiger partial charge in [-0.25, -0.2) is 0 Å². The number of nitrogens with zero attached hydrogens (tertiary/aromatic N) is 1. The first kappa shape index (κ1) is 9.58. The Bertz CT molecular complexity index is 477. The minimum atomic E-state index is 0.389. The zero-order valence-corrected chi connectivity index (χ0v) is 8.65. The number of anilines is 1. The monoisotopic (exact) mass is 204 g/mol. The van der Waals surface area contributed by atoms with Gasteiger partial charge in [0.05, 0.1) is 7.11 Å². The van der Waals surface area contributed by atoms with Crippen LogP contribution < -0.4 is 10.5 Å². The molecular formula is C11H12N2O2. The molecule has 0 fully saturated rings. The van der Waals surface area contributed by atoms with Gasteiger partial charge in [-0.15, -0.1) is 0 Å². The van der Waals surface area contributed by atoms with Gasteiger partial charge in [0.2, 0.25) is 0 Å². The molecule has 0 aliphatic heterocycles. The van der Waals surface area contributed by atoms with Crippen LogP contribution in [0.15, 0.2) is 28.8 Å². The van der Waals surface area contributed by atoms with Crippen molar-refractivity contribution in [2.24, 2.45) is 0 Å². The van der Waals surface area contributed by atoms with E-state index >= 15 is 0 Å². The van der Waals surface area contributed by atoms with Gasteiger partial charge in [0.25, 0.3) is 0 Å². The second kappa shape index (κ2) is 3.65. The summed E-state index contributed by atoms with van der Waals surface area (Å²) in [4.78, 5) is 0. The largest absolute Gasteiger partial charge is 0.497 e. The van der Waals surface area contributed by atoms with Crippen molar-refractivity contribution >= 4 is 5.82 Å². The van der Waals surface area contributed by atoms with Crippen LogP contribution in [0.25, 0.3) is 11.3 Å². The molecule has 0 atom stereocenters. The number of hydrogen-bond acceptors (Lipinski definition) is 4. The van der Waals surface area contributed by atoms with Crippen LogP contribution in [0.2, 0.25) is 0 Å². The highest BCUT2D eigenvalue weighted by molar-refractivity contribution is 5.65. The Labute approximate surface area is 87.6 Å². The van der Waals surface area contributed by atoms with E-state index in [2.05, 4.69) is 5.16 Å². The zero-order valence-electron chi connectivity index (χ0n) is 8.65. The summed E-state index contributed by atoms with van der Waals surface area (Å²) in [6.07, 6.45) is 0. The van der Waals surface area contributed by atoms with Crippen LogP contribution in [0.3, 0.4) is 0 Å². The van der Waals surface area contributed by atoms with Gasteiger partial charge in [-0.3, -0.25) is 0 Å². The van der Waals surface area contributed by atoms with Crippen molar-refractivity contribution in [1.29, 1.82) is 0 Å². The quantitative estimate of drug-likeness (QED) is 0.814. The van der Waals surface area contributed by atoms with Gasteiger partial charge in [0, 0.05) is 11.6 Å². The maximum Gasteiger partial charge on any atom is 0.169 e. The number of nitrogens with two attached hydrogens (primary N) is 1. The van der Waals surface area contributed by atoms with Gasteiger partial charge in [-0.05, 0) is 30.7 Å². The first-order valence-corrected chi connectivity index (χ1v) is 4.58. The minimum Gasteiger partial charge on any atom is -0.497 e. The van der Waals surface area contributed by atoms with E-state index in [1.54, 1.807) is 13.2 Å². The van der Waals surface area contributed by atoms with Crippen LogP contribution in [0.4, 0.5) is 5.82 Å². The summed E-state index contributed by atoms with van der Waals surface area (Å²) in [6, 6.07) is 7.44. The molecule has 4 heteroatoms. The molecule has 0 spiro atoms. The molecule has 0 saturated heterocycles. The highest BCUT2D eigenvalue weighted by Gasteiger charge is 2.08. The van der Waals surface area contributed by atoms with E-state index < -0.39 is 0 Å². The fourth-order valence-corrected chi connectivity index (χ4v) is 1.46. The van der Waals surface area contributed by atoms with Crippen LogP contribution in [0.5, 0.6) is 5.75 Å². The van der Waals surface area contributed by atoms with Crippen molar-refractivity contribution < 1.29 is 9.26 Å². The molecule has 0 aliphatic carbocycles. The van der Waals surface area contributed by atoms with Crippen LogP contribution in [-0.2, 0) is 0 Å². The summed E-state index contributed by atoms with van der Waals surface area (Å²) < 4.78 is 10.2. The summed E-state index contributed by atoms with van der Waals surface area (Å²) in [5, 5.41) is 3.65. The summed E-state index contributed by atoms with van der Waals surface area (Å²) in [5.41, 5.74) is 7.53. The third-order valence-electron chi connectivity index (χ3n) is 2.23. The normalized spacial score (nSPS) is 10.3. The number of ether oxygens (including phenoxy) is 1. The molecule has 1 heterocycles. The van der Waals surface area contributed by atoms with Crippen molar-refractivity contribution in [3.8, 4) is 17.1 Å². The molecule has 0 bridgehead atoms. The van der Waals surface area contributed by atoms with E-state index in [0.717, 1.165) is 16.9 Å². The fourth-order valence-electron chi connectivity index (χ4n) is 1.46. The first-order valence-electron chi connectivity index (χ1n) is 4.58. The number of nitrogen functional groups attached to an aromatic ring is 1. The van der Waals surface area contributed by atoms with Crippen LogP contribution in [0, 0.1) is 6.92 Å². The minimum absolute atomic E-state index is 0.389. The molecule has 0 aliphatic rings. The van der Waals surface area contributed by atoms with E-state index in [1.165, 1.54) is 0 Å². The van der Waals surface area contributed by atoms with Crippen LogP contribution >= 0.6 is 0 Å². The Hall–Kier alpha value is -1.97. The predicted molar refractivity (Wildman–Crippen MR) is 57.6 cm³/mol. The van der Waals surface area contributed by atoms with Gasteiger partial charge >= 0.3 is 0 Å². The Kier molecular flexibility index (Phi) is 2.33. The van der Waals surface area contributed by atoms with Gasteiger partial charge < -0.3 is 15.0 Å². The lowest BCUT2D eigenvalue weighted by Gasteiger charge is -2.04. The van der Waals surface area contributed by atoms with Gasteiger partial charge in [0.1, 0.15) is 5.75 Å². The van der Waals surface area contributed by atoms with E-state index in [9.17, 15) is 0 Å². The van der Waals surface area contributed by atoms with E-state index in [0.29, 0.717) is 11.6 Å². The molecule has 0 saturated carbocycles. The topological polar surface area (TPSA) is 61.3 Å². The van der Waals surface area contributed by atoms with Gasteiger partial charge in [-0.1, -0.05) is 5.16 Å². The molecular weight excluding hydrogens is 192 g/mol. The Morgan fingerprint density at radius 1 is 1.33 bits per heavy atom. The molecule has 0 amide bonds. The summed E-state index contributed by atoms with van der Waals surface area (Å²) in [6.45, 7) is 1.98. The molecule has 2 N–H and O–H groups in total. The van der Waals surface area contributed by atoms with Gasteiger partial charge in [0.15, 0.2) is 11.6 Å². The molecule has 78 valence electrons. The zero-order chi connectivity index (χ0) is 10.8. The molecule has 0 radical (unpaired) electrons. The fraction of sp³-hybridized carbons (Fsp3) is 0.182. The lowest BCUT2D eigenvalue weighted by Crippen LogP contribution is -1.86. The van der Waals surface area contributed by atoms with Crippen molar-refractivity contribution in [3.63, 3.8) is 0 Å². The lowest BCUT2D eigenvalue weighted by atomic mass is 10.1. The van der Waals surface area contributed by atoms with E-state index in [-0.39, 0.29) is 0 Å². The molecule has 1 aromatic carbocycles. The number of hydrogen-bond donors (Lipinski definition) is 1. The summed E-state index contributed by atoms with van der Waals surface area (Å²) in [7, 11) is 1.64. The molecule has 0 unspecified atom stereocenters. The van der Waals surface area contributed by atoms with Crippen LogP contribution in [-0.4, -0.2) is 12.3 Å². The number of aromatic nitrogens is 1. The predicted octanol–water partition coefficient (Wildman–Crippen LogP) is 2.24. The Morgan fingerprint density at radius 3 is 2.67 bits per heavy atom. The highest BCUT2D eigenvalue weighted by Crippen LogP contribution is 2.27. The lowest BCUT2D eigenvalue weighted by molar-refractivity contribution is 0.414. The Balaban J connectivity index is 2.45. The number of rotatable bonds is 2. The SMILES string of the molecule is COc1ccc(-c2cc(N)no2)c(C)c1. The smallest absolute Gasteiger partial charge is 0.169 e. The summed E-state index contributed by atoms with van der Waals surface area (Å²) in [5.74, 6) is 1.89. The van der Waals surface area contributed by atoms with E-state index in [4.69, 9.17) is 15.0 Å². The Morgan fingerprint density at radius 2 is 2.13 bits per heavy atom. The standard InChI is InChI=1S/C11H12N2O2/c1-7-5-8(14-2)3-4-9(7)10-6-11(12)13-15-10/h3-6H,1-2H3,(H2,12,13). The van der Waals surface area contributed by atoms with Crippen LogP contribution in [0.1, 0.15) is 5.56 Å². The maximum atomic E-state index is 5.49. The molecule has 15 heavy (non-hydrogen) atoms. The van der Waals surface area contributed by atoms with Gasteiger partial charge in [-0.2, -0.15) is 0 Å². The third-order valence-corrected chi connectivity index (χ3v) is 2.23. The average Bonchev–Trinajstić information content (AvgIpc) is 2.64. The summed E-state index contributed by atoms with van der Waals surface area (Å²) >= 11 is 0. The number of aryl methyl sites for hydroxylation is 1. The highest BCUT2D eigenvalue weighted by atomic mass is 16.5. The maximum absolute atomic E-state index is 5.49. The van der Waals surface area contributed by atoms with E-state index in [1.807, 2.05) is 25.1 Å². The molecule has 4 nitrogen and oxygen atoms in total. The molecule has 1 aromatic heterocycles. The van der Waals surface area contributed by atoms with Crippen molar-refractivity contribution in [3.05, 3.63) is 29.8 Å². The second-order valence-corrected chi connectivity index (χ2v) is 3.30. The van der Waals surface area contributed by atoms with Crippen molar-refractivity contribution in [2.75, 3.05) is 12.8 Å². The molecule has 2 rings (SSSR count). The molecule has 2 aromatic rings. The second-order valence-electron chi connectivity index (χ2n) is 3.30. The third kappa shape index (κ3) is 1.79.